The fourth-order valence-electron chi connectivity index (χ4n) is 3.04. The maximum Gasteiger partial charge on any atom is 0.408 e. The van der Waals surface area contributed by atoms with Gasteiger partial charge in [-0.3, -0.25) is 9.59 Å². The number of rotatable bonds is 8. The van der Waals surface area contributed by atoms with Gasteiger partial charge in [0.25, 0.3) is 0 Å². The summed E-state index contributed by atoms with van der Waals surface area (Å²) >= 11 is 0. The van der Waals surface area contributed by atoms with Crippen LogP contribution in [-0.2, 0) is 49.4 Å². The monoisotopic (exact) mass is 439 g/mol. The molecule has 2 rings (SSSR count). The summed E-state index contributed by atoms with van der Waals surface area (Å²) in [6.07, 6.45) is -5.81. The van der Waals surface area contributed by atoms with Gasteiger partial charge < -0.3 is 33.7 Å². The molecule has 1 amide bonds. The number of nitrogens with one attached hydrogen (secondary N) is 1. The third-order valence-electron chi connectivity index (χ3n) is 4.31. The smallest absolute Gasteiger partial charge is 0.408 e. The van der Waals surface area contributed by atoms with Gasteiger partial charge in [0.05, 0.1) is 7.11 Å². The normalized spacial score (nSPS) is 23.4. The average molecular weight is 439 g/mol. The Morgan fingerprint density at radius 3 is 2.16 bits per heavy atom. The zero-order valence-electron chi connectivity index (χ0n) is 17.6. The number of hydrogen-bond acceptors (Lipinski definition) is 10. The van der Waals surface area contributed by atoms with Crippen LogP contribution in [0.4, 0.5) is 4.79 Å². The molecule has 1 N–H and O–H groups in total. The average Bonchev–Trinajstić information content (AvgIpc) is 3.06. The van der Waals surface area contributed by atoms with Crippen LogP contribution in [0.3, 0.4) is 0 Å². The molecule has 1 heterocycles. The Hall–Kier alpha value is -3.18. The van der Waals surface area contributed by atoms with E-state index in [1.54, 1.807) is 24.3 Å². The number of esters is 3. The van der Waals surface area contributed by atoms with Crippen molar-refractivity contribution >= 4 is 24.0 Å². The molecule has 31 heavy (non-hydrogen) atoms. The van der Waals surface area contributed by atoms with Gasteiger partial charge in [-0.15, -0.1) is 0 Å². The molecular formula is C20H25NO10. The molecule has 1 fully saturated rings. The van der Waals surface area contributed by atoms with Gasteiger partial charge in [0.1, 0.15) is 12.7 Å². The van der Waals surface area contributed by atoms with Gasteiger partial charge in [-0.25, -0.2) is 9.59 Å². The van der Waals surface area contributed by atoms with Crippen molar-refractivity contribution in [2.45, 2.75) is 51.1 Å². The molecule has 0 spiro atoms. The van der Waals surface area contributed by atoms with Crippen LogP contribution in [-0.4, -0.2) is 68.9 Å². The lowest BCUT2D eigenvalue weighted by atomic mass is 10.0. The second-order valence-electron chi connectivity index (χ2n) is 6.56. The first-order valence-electron chi connectivity index (χ1n) is 9.34. The highest BCUT2D eigenvalue weighted by molar-refractivity contribution is 5.82. The summed E-state index contributed by atoms with van der Waals surface area (Å²) < 4.78 is 31.1. The molecule has 1 saturated heterocycles. The van der Waals surface area contributed by atoms with E-state index in [9.17, 15) is 19.2 Å². The van der Waals surface area contributed by atoms with Crippen molar-refractivity contribution in [2.75, 3.05) is 14.2 Å². The van der Waals surface area contributed by atoms with E-state index in [-0.39, 0.29) is 6.61 Å². The highest BCUT2D eigenvalue weighted by Crippen LogP contribution is 2.30. The third-order valence-corrected chi connectivity index (χ3v) is 4.31. The van der Waals surface area contributed by atoms with E-state index in [4.69, 9.17) is 28.4 Å². The maximum atomic E-state index is 12.4. The van der Waals surface area contributed by atoms with Crippen molar-refractivity contribution in [2.24, 2.45) is 0 Å². The number of methoxy groups -OCH3 is 2. The standard InChI is InChI=1S/C20H25NO10/c1-11(22)29-16-15(31-19(27-4)17(16)30-12(2)23)14(18(24)26-3)21-20(25)28-10-13-8-6-5-7-9-13/h5-9,14-17,19H,10H2,1-4H3,(H,21,25)/t14-,15+,16+,17+,19+/m0/s1. The van der Waals surface area contributed by atoms with Crippen LogP contribution in [0.2, 0.25) is 0 Å². The molecule has 1 aromatic carbocycles. The molecule has 0 unspecified atom stereocenters. The summed E-state index contributed by atoms with van der Waals surface area (Å²) in [5, 5.41) is 2.35. The number of alkyl carbamates (subject to hydrolysis) is 1. The maximum absolute atomic E-state index is 12.4. The Balaban J connectivity index is 2.20. The second-order valence-corrected chi connectivity index (χ2v) is 6.56. The summed E-state index contributed by atoms with van der Waals surface area (Å²) in [4.78, 5) is 47.9. The Morgan fingerprint density at radius 1 is 1.00 bits per heavy atom. The number of carbonyl (C=O) groups is 4. The van der Waals surface area contributed by atoms with Crippen LogP contribution >= 0.6 is 0 Å². The number of ether oxygens (including phenoxy) is 6. The summed E-state index contributed by atoms with van der Waals surface area (Å²) in [7, 11) is 2.39. The molecule has 0 aromatic heterocycles. The number of carbonyl (C=O) groups excluding carboxylic acids is 4. The highest BCUT2D eigenvalue weighted by Gasteiger charge is 2.54. The lowest BCUT2D eigenvalue weighted by Crippen LogP contribution is -2.54. The number of amides is 1. The first-order valence-corrected chi connectivity index (χ1v) is 9.34. The SMILES string of the molecule is COC(=O)[C@@H](NC(=O)OCc1ccccc1)[C@H]1O[C@@H](OC)[C@H](OC(C)=O)[C@@H]1OC(C)=O. The van der Waals surface area contributed by atoms with Crippen molar-refractivity contribution in [3.63, 3.8) is 0 Å². The Kier molecular flexibility index (Phi) is 8.76. The van der Waals surface area contributed by atoms with Crippen molar-refractivity contribution in [3.05, 3.63) is 35.9 Å². The van der Waals surface area contributed by atoms with Crippen LogP contribution in [0, 0.1) is 0 Å². The van der Waals surface area contributed by atoms with E-state index in [0.29, 0.717) is 0 Å². The van der Waals surface area contributed by atoms with Crippen LogP contribution < -0.4 is 5.32 Å². The van der Waals surface area contributed by atoms with E-state index < -0.39 is 54.6 Å². The summed E-state index contributed by atoms with van der Waals surface area (Å²) in [6, 6.07) is 7.45. The fourth-order valence-corrected chi connectivity index (χ4v) is 3.04. The van der Waals surface area contributed by atoms with E-state index >= 15 is 0 Å². The zero-order chi connectivity index (χ0) is 23.0. The fraction of sp³-hybridized carbons (Fsp3) is 0.500. The molecular weight excluding hydrogens is 414 g/mol. The second kappa shape index (κ2) is 11.3. The van der Waals surface area contributed by atoms with E-state index in [2.05, 4.69) is 5.32 Å². The molecule has 0 saturated carbocycles. The molecule has 0 aliphatic carbocycles. The van der Waals surface area contributed by atoms with Crippen molar-refractivity contribution in [1.82, 2.24) is 5.32 Å². The first kappa shape index (κ1) is 24.1. The lowest BCUT2D eigenvalue weighted by molar-refractivity contribution is -0.181. The molecule has 1 aliphatic rings. The van der Waals surface area contributed by atoms with Gasteiger partial charge in [0.2, 0.25) is 0 Å². The molecule has 11 heteroatoms. The molecule has 1 aliphatic heterocycles. The summed E-state index contributed by atoms with van der Waals surface area (Å²) in [5.41, 5.74) is 0.733. The zero-order valence-corrected chi connectivity index (χ0v) is 17.6. The predicted molar refractivity (Wildman–Crippen MR) is 102 cm³/mol. The number of benzene rings is 1. The van der Waals surface area contributed by atoms with Crippen LogP contribution in [0.5, 0.6) is 0 Å². The van der Waals surface area contributed by atoms with Gasteiger partial charge in [-0.05, 0) is 5.56 Å². The molecule has 170 valence electrons. The highest BCUT2D eigenvalue weighted by atomic mass is 16.7. The van der Waals surface area contributed by atoms with Gasteiger partial charge in [0, 0.05) is 21.0 Å². The lowest BCUT2D eigenvalue weighted by Gasteiger charge is -2.27. The molecule has 11 nitrogen and oxygen atoms in total. The van der Waals surface area contributed by atoms with E-state index in [1.165, 1.54) is 7.11 Å². The molecule has 0 bridgehead atoms. The molecule has 0 radical (unpaired) electrons. The topological polar surface area (TPSA) is 136 Å². The largest absolute Gasteiger partial charge is 0.467 e. The van der Waals surface area contributed by atoms with E-state index in [1.807, 2.05) is 6.07 Å². The minimum absolute atomic E-state index is 0.0454. The quantitative estimate of drug-likeness (QED) is 0.455. The van der Waals surface area contributed by atoms with E-state index in [0.717, 1.165) is 26.5 Å². The van der Waals surface area contributed by atoms with Crippen molar-refractivity contribution < 1.29 is 47.6 Å². The minimum Gasteiger partial charge on any atom is -0.467 e. The Bertz CT molecular complexity index is 783. The van der Waals surface area contributed by atoms with Crippen molar-refractivity contribution in [3.8, 4) is 0 Å². The van der Waals surface area contributed by atoms with Crippen molar-refractivity contribution in [1.29, 1.82) is 0 Å². The van der Waals surface area contributed by atoms with Crippen LogP contribution in [0.25, 0.3) is 0 Å². The first-order chi connectivity index (χ1) is 14.8. The molecule has 1 aromatic rings. The predicted octanol–water partition coefficient (Wildman–Crippen LogP) is 0.689. The van der Waals surface area contributed by atoms with Gasteiger partial charge in [-0.1, -0.05) is 30.3 Å². The van der Waals surface area contributed by atoms with Gasteiger partial charge >= 0.3 is 24.0 Å². The van der Waals surface area contributed by atoms with Gasteiger partial charge in [0.15, 0.2) is 24.5 Å². The summed E-state index contributed by atoms with van der Waals surface area (Å²) in [6.45, 7) is 2.24. The number of hydrogen-bond donors (Lipinski definition) is 1. The molecule has 5 atom stereocenters. The third kappa shape index (κ3) is 6.66. The van der Waals surface area contributed by atoms with Crippen LogP contribution in [0.1, 0.15) is 19.4 Å². The Labute approximate surface area is 178 Å². The van der Waals surface area contributed by atoms with Crippen LogP contribution in [0.15, 0.2) is 30.3 Å². The minimum atomic E-state index is -1.45. The Morgan fingerprint density at radius 2 is 1.61 bits per heavy atom. The van der Waals surface area contributed by atoms with Gasteiger partial charge in [-0.2, -0.15) is 0 Å². The summed E-state index contributed by atoms with van der Waals surface area (Å²) in [5.74, 6) is -2.29.